The molecule has 1 atom stereocenters. The standard InChI is InChI=1S/C21H27N3O3S/c1-14(2)7-8-23-12-24-20(25)10-16(17(11-22)21(24)28-13-23)15-5-6-18(26-3)19(9-15)27-4/h5-6,9,14,16H,7-8,10,12-13H2,1-4H3. The van der Waals surface area contributed by atoms with Crippen molar-refractivity contribution in [1.82, 2.24) is 9.80 Å². The van der Waals surface area contributed by atoms with E-state index in [4.69, 9.17) is 9.47 Å². The third-order valence-corrected chi connectivity index (χ3v) is 6.39. The summed E-state index contributed by atoms with van der Waals surface area (Å²) in [6, 6.07) is 7.98. The van der Waals surface area contributed by atoms with E-state index in [0.717, 1.165) is 29.4 Å². The van der Waals surface area contributed by atoms with E-state index in [9.17, 15) is 10.1 Å². The van der Waals surface area contributed by atoms with Crippen LogP contribution in [-0.4, -0.2) is 49.0 Å². The van der Waals surface area contributed by atoms with E-state index in [1.54, 1.807) is 30.9 Å². The first-order valence-electron chi connectivity index (χ1n) is 9.50. The van der Waals surface area contributed by atoms with Crippen LogP contribution < -0.4 is 9.47 Å². The minimum atomic E-state index is -0.252. The normalized spacial score (nSPS) is 20.2. The SMILES string of the molecule is COc1ccc(C2CC(=O)N3CN(CCC(C)C)CSC3=C2C#N)cc1OC. The van der Waals surface area contributed by atoms with Crippen LogP contribution in [0.1, 0.15) is 38.2 Å². The second-order valence-electron chi connectivity index (χ2n) is 7.52. The van der Waals surface area contributed by atoms with Gasteiger partial charge in [0.05, 0.1) is 43.4 Å². The Bertz CT molecular complexity index is 816. The van der Waals surface area contributed by atoms with Gasteiger partial charge >= 0.3 is 0 Å². The highest BCUT2D eigenvalue weighted by molar-refractivity contribution is 8.03. The van der Waals surface area contributed by atoms with Crippen LogP contribution in [-0.2, 0) is 4.79 Å². The molecule has 1 amide bonds. The summed E-state index contributed by atoms with van der Waals surface area (Å²) in [5, 5.41) is 10.7. The molecule has 1 aromatic rings. The molecule has 2 aliphatic heterocycles. The van der Waals surface area contributed by atoms with Crippen molar-refractivity contribution in [2.45, 2.75) is 32.6 Å². The molecule has 0 aliphatic carbocycles. The summed E-state index contributed by atoms with van der Waals surface area (Å²) in [6.45, 7) is 5.94. The molecule has 3 rings (SSSR count). The molecule has 0 aromatic heterocycles. The quantitative estimate of drug-likeness (QED) is 0.723. The molecule has 28 heavy (non-hydrogen) atoms. The fraction of sp³-hybridized carbons (Fsp3) is 0.524. The number of ether oxygens (including phenoxy) is 2. The van der Waals surface area contributed by atoms with Crippen LogP contribution in [0.5, 0.6) is 11.5 Å². The maximum Gasteiger partial charge on any atom is 0.229 e. The molecule has 0 saturated carbocycles. The number of hydrogen-bond acceptors (Lipinski definition) is 6. The Kier molecular flexibility index (Phi) is 6.53. The number of nitriles is 1. The summed E-state index contributed by atoms with van der Waals surface area (Å²) >= 11 is 1.59. The molecule has 6 nitrogen and oxygen atoms in total. The van der Waals surface area contributed by atoms with Crippen molar-refractivity contribution < 1.29 is 14.3 Å². The number of thioether (sulfide) groups is 1. The number of carbonyl (C=O) groups is 1. The van der Waals surface area contributed by atoms with Gasteiger partial charge in [-0.05, 0) is 30.0 Å². The lowest BCUT2D eigenvalue weighted by Crippen LogP contribution is -2.47. The van der Waals surface area contributed by atoms with Gasteiger partial charge < -0.3 is 9.47 Å². The molecule has 7 heteroatoms. The molecule has 0 spiro atoms. The van der Waals surface area contributed by atoms with E-state index < -0.39 is 0 Å². The Morgan fingerprint density at radius 1 is 1.29 bits per heavy atom. The monoisotopic (exact) mass is 401 g/mol. The van der Waals surface area contributed by atoms with Gasteiger partial charge in [0.25, 0.3) is 0 Å². The van der Waals surface area contributed by atoms with Gasteiger partial charge in [-0.2, -0.15) is 5.26 Å². The highest BCUT2D eigenvalue weighted by atomic mass is 32.2. The van der Waals surface area contributed by atoms with Gasteiger partial charge in [-0.15, -0.1) is 0 Å². The third-order valence-electron chi connectivity index (χ3n) is 5.18. The smallest absolute Gasteiger partial charge is 0.229 e. The van der Waals surface area contributed by atoms with Crippen molar-refractivity contribution in [3.63, 3.8) is 0 Å². The van der Waals surface area contributed by atoms with E-state index in [-0.39, 0.29) is 11.8 Å². The summed E-state index contributed by atoms with van der Waals surface area (Å²) in [5.41, 5.74) is 1.57. The van der Waals surface area contributed by atoms with Crippen LogP contribution >= 0.6 is 11.8 Å². The zero-order chi connectivity index (χ0) is 20.3. The van der Waals surface area contributed by atoms with Gasteiger partial charge in [0.2, 0.25) is 5.91 Å². The van der Waals surface area contributed by atoms with Crippen molar-refractivity contribution >= 4 is 17.7 Å². The lowest BCUT2D eigenvalue weighted by molar-refractivity contribution is -0.131. The Labute approximate surface area is 171 Å². The average molecular weight is 402 g/mol. The Balaban J connectivity index is 1.88. The Morgan fingerprint density at radius 3 is 2.68 bits per heavy atom. The molecular formula is C21H27N3O3S. The lowest BCUT2D eigenvalue weighted by Gasteiger charge is -2.41. The van der Waals surface area contributed by atoms with Gasteiger partial charge in [-0.1, -0.05) is 31.7 Å². The zero-order valence-electron chi connectivity index (χ0n) is 16.9. The molecule has 150 valence electrons. The molecule has 2 aliphatic rings. The molecule has 1 aromatic carbocycles. The predicted molar refractivity (Wildman–Crippen MR) is 110 cm³/mol. The first-order chi connectivity index (χ1) is 13.5. The highest BCUT2D eigenvalue weighted by Crippen LogP contribution is 2.44. The summed E-state index contributed by atoms with van der Waals surface area (Å²) in [7, 11) is 3.17. The van der Waals surface area contributed by atoms with E-state index in [1.165, 1.54) is 0 Å². The van der Waals surface area contributed by atoms with Gasteiger partial charge in [-0.25, -0.2) is 0 Å². The highest BCUT2D eigenvalue weighted by Gasteiger charge is 2.38. The molecular weight excluding hydrogens is 374 g/mol. The van der Waals surface area contributed by atoms with Crippen molar-refractivity contribution in [2.24, 2.45) is 5.92 Å². The number of carbonyl (C=O) groups excluding carboxylic acids is 1. The van der Waals surface area contributed by atoms with Gasteiger partial charge in [0, 0.05) is 18.9 Å². The first-order valence-corrected chi connectivity index (χ1v) is 10.5. The summed E-state index contributed by atoms with van der Waals surface area (Å²) in [5.74, 6) is 2.48. The number of methoxy groups -OCH3 is 2. The number of rotatable bonds is 6. The minimum absolute atomic E-state index is 0.0653. The molecule has 0 bridgehead atoms. The van der Waals surface area contributed by atoms with Crippen LogP contribution in [0.15, 0.2) is 28.8 Å². The number of benzene rings is 1. The van der Waals surface area contributed by atoms with Crippen LogP contribution in [0.2, 0.25) is 0 Å². The maximum absolute atomic E-state index is 12.9. The van der Waals surface area contributed by atoms with Gasteiger partial charge in [0.15, 0.2) is 11.5 Å². The number of hydrogen-bond donors (Lipinski definition) is 0. The second kappa shape index (κ2) is 8.89. The summed E-state index contributed by atoms with van der Waals surface area (Å²) < 4.78 is 10.7. The van der Waals surface area contributed by atoms with E-state index >= 15 is 0 Å². The fourth-order valence-electron chi connectivity index (χ4n) is 3.54. The van der Waals surface area contributed by atoms with Gasteiger partial charge in [0.1, 0.15) is 0 Å². The van der Waals surface area contributed by atoms with Crippen molar-refractivity contribution in [3.8, 4) is 17.6 Å². The molecule has 0 N–H and O–H groups in total. The Hall–Kier alpha value is -2.17. The van der Waals surface area contributed by atoms with Crippen molar-refractivity contribution in [1.29, 1.82) is 5.26 Å². The molecule has 1 saturated heterocycles. The van der Waals surface area contributed by atoms with Crippen LogP contribution in [0.25, 0.3) is 0 Å². The van der Waals surface area contributed by atoms with Gasteiger partial charge in [-0.3, -0.25) is 14.6 Å². The van der Waals surface area contributed by atoms with Crippen molar-refractivity contribution in [2.75, 3.05) is 33.3 Å². The van der Waals surface area contributed by atoms with Crippen LogP contribution in [0.3, 0.4) is 0 Å². The number of fused-ring (bicyclic) bond motifs is 1. The first kappa shape index (κ1) is 20.6. The second-order valence-corrected chi connectivity index (χ2v) is 8.45. The molecule has 1 fully saturated rings. The summed E-state index contributed by atoms with van der Waals surface area (Å²) in [6.07, 6.45) is 1.39. The van der Waals surface area contributed by atoms with E-state index in [0.29, 0.717) is 36.1 Å². The topological polar surface area (TPSA) is 65.8 Å². The van der Waals surface area contributed by atoms with Crippen LogP contribution in [0.4, 0.5) is 0 Å². The predicted octanol–water partition coefficient (Wildman–Crippen LogP) is 3.76. The average Bonchev–Trinajstić information content (AvgIpc) is 2.71. The Morgan fingerprint density at radius 2 is 2.04 bits per heavy atom. The molecule has 2 heterocycles. The maximum atomic E-state index is 12.9. The molecule has 0 radical (unpaired) electrons. The fourth-order valence-corrected chi connectivity index (χ4v) is 4.72. The van der Waals surface area contributed by atoms with Crippen molar-refractivity contribution in [3.05, 3.63) is 34.4 Å². The minimum Gasteiger partial charge on any atom is -0.493 e. The number of amides is 1. The molecule has 1 unspecified atom stereocenters. The lowest BCUT2D eigenvalue weighted by atomic mass is 9.86. The van der Waals surface area contributed by atoms with E-state index in [2.05, 4.69) is 24.8 Å². The van der Waals surface area contributed by atoms with Crippen LogP contribution in [0, 0.1) is 17.2 Å². The number of allylic oxidation sites excluding steroid dienone is 1. The number of nitrogens with zero attached hydrogens (tertiary/aromatic N) is 3. The largest absolute Gasteiger partial charge is 0.493 e. The van der Waals surface area contributed by atoms with E-state index in [1.807, 2.05) is 18.2 Å². The zero-order valence-corrected chi connectivity index (χ0v) is 17.7. The third kappa shape index (κ3) is 4.13. The summed E-state index contributed by atoms with van der Waals surface area (Å²) in [4.78, 5) is 17.0.